The van der Waals surface area contributed by atoms with Gasteiger partial charge in [0.1, 0.15) is 0 Å². The van der Waals surface area contributed by atoms with Crippen LogP contribution in [0.15, 0.2) is 24.3 Å². The van der Waals surface area contributed by atoms with E-state index in [9.17, 15) is 4.79 Å². The maximum Gasteiger partial charge on any atom is 0.233 e. The molecular formula is C22H31NO. The highest BCUT2D eigenvalue weighted by Crippen LogP contribution is 2.47. The summed E-state index contributed by atoms with van der Waals surface area (Å²) >= 11 is 0. The maximum atomic E-state index is 13.4. The molecule has 0 spiro atoms. The summed E-state index contributed by atoms with van der Waals surface area (Å²) in [5.41, 5.74) is 3.59. The Hall–Kier alpha value is -1.57. The molecule has 1 amide bonds. The molecule has 1 aromatic rings. The van der Waals surface area contributed by atoms with Crippen LogP contribution in [0.25, 0.3) is 6.08 Å². The van der Waals surface area contributed by atoms with Crippen molar-refractivity contribution in [1.82, 2.24) is 0 Å². The highest BCUT2D eigenvalue weighted by Gasteiger charge is 2.47. The number of anilines is 1. The van der Waals surface area contributed by atoms with Crippen LogP contribution in [0.1, 0.15) is 64.5 Å². The summed E-state index contributed by atoms with van der Waals surface area (Å²) in [6.45, 7) is 9.68. The van der Waals surface area contributed by atoms with E-state index in [1.807, 2.05) is 0 Å². The number of fused-ring (bicyclic) bond motifs is 1. The largest absolute Gasteiger partial charge is 0.311 e. The first kappa shape index (κ1) is 17.3. The van der Waals surface area contributed by atoms with Gasteiger partial charge in [-0.1, -0.05) is 58.8 Å². The molecule has 2 heteroatoms. The van der Waals surface area contributed by atoms with Gasteiger partial charge in [-0.15, -0.1) is 0 Å². The topological polar surface area (TPSA) is 20.3 Å². The van der Waals surface area contributed by atoms with E-state index >= 15 is 0 Å². The number of carbonyl (C=O) groups is 1. The molecule has 0 atom stereocenters. The summed E-state index contributed by atoms with van der Waals surface area (Å²) in [6.07, 6.45) is 9.93. The number of carbonyl (C=O) groups excluding carboxylic acids is 1. The molecule has 130 valence electrons. The Balaban J connectivity index is 1.85. The summed E-state index contributed by atoms with van der Waals surface area (Å²) in [6, 6.07) is 6.57. The van der Waals surface area contributed by atoms with Crippen LogP contribution in [0.2, 0.25) is 0 Å². The Morgan fingerprint density at radius 3 is 2.50 bits per heavy atom. The molecule has 0 bridgehead atoms. The van der Waals surface area contributed by atoms with Gasteiger partial charge in [0.05, 0.1) is 5.41 Å². The molecule has 0 saturated heterocycles. The van der Waals surface area contributed by atoms with Crippen molar-refractivity contribution >= 4 is 17.7 Å². The molecule has 1 saturated carbocycles. The molecule has 2 nitrogen and oxygen atoms in total. The third-order valence-corrected chi connectivity index (χ3v) is 5.94. The summed E-state index contributed by atoms with van der Waals surface area (Å²) in [4.78, 5) is 15.5. The lowest BCUT2D eigenvalue weighted by Gasteiger charge is -2.36. The summed E-state index contributed by atoms with van der Waals surface area (Å²) in [7, 11) is 0. The quantitative estimate of drug-likeness (QED) is 0.719. The van der Waals surface area contributed by atoms with Gasteiger partial charge >= 0.3 is 0 Å². The van der Waals surface area contributed by atoms with Gasteiger partial charge in [-0.2, -0.15) is 0 Å². The average Bonchev–Trinajstić information content (AvgIpc) is 3.19. The van der Waals surface area contributed by atoms with E-state index < -0.39 is 0 Å². The van der Waals surface area contributed by atoms with Crippen molar-refractivity contribution in [3.05, 3.63) is 35.4 Å². The number of hydrogen-bond acceptors (Lipinski definition) is 1. The normalized spacial score (nSPS) is 19.7. The third-order valence-electron chi connectivity index (χ3n) is 5.94. The molecule has 1 aromatic carbocycles. The van der Waals surface area contributed by atoms with Gasteiger partial charge in [0.15, 0.2) is 0 Å². The fourth-order valence-corrected chi connectivity index (χ4v) is 4.35. The minimum absolute atomic E-state index is 0.127. The van der Waals surface area contributed by atoms with Crippen molar-refractivity contribution in [3.8, 4) is 0 Å². The summed E-state index contributed by atoms with van der Waals surface area (Å²) in [5, 5.41) is 0. The smallest absolute Gasteiger partial charge is 0.233 e. The zero-order chi connectivity index (χ0) is 17.3. The van der Waals surface area contributed by atoms with E-state index in [4.69, 9.17) is 0 Å². The van der Waals surface area contributed by atoms with Crippen LogP contribution >= 0.6 is 0 Å². The molecule has 24 heavy (non-hydrogen) atoms. The molecule has 0 radical (unpaired) electrons. The van der Waals surface area contributed by atoms with Gasteiger partial charge in [-0.25, -0.2) is 0 Å². The lowest BCUT2D eigenvalue weighted by molar-refractivity contribution is -0.130. The highest BCUT2D eigenvalue weighted by molar-refractivity contribution is 5.99. The van der Waals surface area contributed by atoms with Gasteiger partial charge < -0.3 is 4.90 Å². The highest BCUT2D eigenvalue weighted by atomic mass is 16.2. The van der Waals surface area contributed by atoms with Crippen LogP contribution in [-0.4, -0.2) is 12.5 Å². The molecule has 2 aliphatic rings. The zero-order valence-electron chi connectivity index (χ0n) is 15.6. The SMILES string of the molecule is CC(C)/C=C/c1ccc2c(c1)CCN2C(=O)C1(C(C)C)CCCC1. The van der Waals surface area contributed by atoms with Crippen molar-refractivity contribution in [1.29, 1.82) is 0 Å². The Morgan fingerprint density at radius 1 is 1.17 bits per heavy atom. The van der Waals surface area contributed by atoms with Gasteiger partial charge in [0.25, 0.3) is 0 Å². The predicted octanol–water partition coefficient (Wildman–Crippen LogP) is 5.46. The van der Waals surface area contributed by atoms with Gasteiger partial charge in [-0.05, 0) is 54.4 Å². The molecular weight excluding hydrogens is 294 g/mol. The van der Waals surface area contributed by atoms with Crippen LogP contribution in [0.4, 0.5) is 5.69 Å². The molecule has 1 heterocycles. The Morgan fingerprint density at radius 2 is 1.88 bits per heavy atom. The number of nitrogens with zero attached hydrogens (tertiary/aromatic N) is 1. The number of hydrogen-bond donors (Lipinski definition) is 0. The second-order valence-corrected chi connectivity index (χ2v) is 8.22. The fourth-order valence-electron chi connectivity index (χ4n) is 4.35. The summed E-state index contributed by atoms with van der Waals surface area (Å²) in [5.74, 6) is 1.36. The first-order valence-corrected chi connectivity index (χ1v) is 9.57. The molecule has 0 aromatic heterocycles. The number of amides is 1. The third kappa shape index (κ3) is 3.03. The lowest BCUT2D eigenvalue weighted by atomic mass is 9.74. The molecule has 1 aliphatic heterocycles. The number of benzene rings is 1. The van der Waals surface area contributed by atoms with Crippen LogP contribution in [0.5, 0.6) is 0 Å². The minimum Gasteiger partial charge on any atom is -0.311 e. The van der Waals surface area contributed by atoms with Gasteiger partial charge in [0.2, 0.25) is 5.91 Å². The minimum atomic E-state index is -0.127. The standard InChI is InChI=1S/C22H31NO/c1-16(2)7-8-18-9-10-20-19(15-18)11-14-23(20)21(24)22(17(3)4)12-5-6-13-22/h7-10,15-17H,5-6,11-14H2,1-4H3/b8-7+. The Bertz CT molecular complexity index is 635. The van der Waals surface area contributed by atoms with Crippen LogP contribution < -0.4 is 4.90 Å². The van der Waals surface area contributed by atoms with E-state index in [1.54, 1.807) is 0 Å². The van der Waals surface area contributed by atoms with Crippen LogP contribution in [0, 0.1) is 17.3 Å². The van der Waals surface area contributed by atoms with Gasteiger partial charge in [-0.3, -0.25) is 4.79 Å². The second-order valence-electron chi connectivity index (χ2n) is 8.22. The maximum absolute atomic E-state index is 13.4. The second kappa shape index (κ2) is 6.74. The zero-order valence-corrected chi connectivity index (χ0v) is 15.6. The lowest BCUT2D eigenvalue weighted by Crippen LogP contribution is -2.45. The van der Waals surface area contributed by atoms with Gasteiger partial charge in [0, 0.05) is 12.2 Å². The Labute approximate surface area is 146 Å². The van der Waals surface area contributed by atoms with E-state index in [-0.39, 0.29) is 5.41 Å². The monoisotopic (exact) mass is 325 g/mol. The fraction of sp³-hybridized carbons (Fsp3) is 0.591. The first-order chi connectivity index (χ1) is 11.4. The number of allylic oxidation sites excluding steroid dienone is 1. The first-order valence-electron chi connectivity index (χ1n) is 9.57. The van der Waals surface area contributed by atoms with E-state index in [1.165, 1.54) is 24.0 Å². The van der Waals surface area contributed by atoms with Crippen molar-refractivity contribution < 1.29 is 4.79 Å². The molecule has 1 aliphatic carbocycles. The molecule has 0 unspecified atom stereocenters. The van der Waals surface area contributed by atoms with E-state index in [0.29, 0.717) is 17.7 Å². The molecule has 0 N–H and O–H groups in total. The van der Waals surface area contributed by atoms with E-state index in [0.717, 1.165) is 31.5 Å². The summed E-state index contributed by atoms with van der Waals surface area (Å²) < 4.78 is 0. The van der Waals surface area contributed by atoms with Crippen LogP contribution in [-0.2, 0) is 11.2 Å². The number of rotatable bonds is 4. The van der Waals surface area contributed by atoms with Crippen LogP contribution in [0.3, 0.4) is 0 Å². The molecule has 3 rings (SSSR count). The predicted molar refractivity (Wildman–Crippen MR) is 102 cm³/mol. The molecule has 1 fully saturated rings. The van der Waals surface area contributed by atoms with Crippen molar-refractivity contribution in [3.63, 3.8) is 0 Å². The van der Waals surface area contributed by atoms with Crippen molar-refractivity contribution in [2.45, 2.75) is 59.8 Å². The van der Waals surface area contributed by atoms with E-state index in [2.05, 4.69) is 62.9 Å². The van der Waals surface area contributed by atoms with Crippen molar-refractivity contribution in [2.24, 2.45) is 17.3 Å². The average molecular weight is 325 g/mol. The van der Waals surface area contributed by atoms with Crippen molar-refractivity contribution in [2.75, 3.05) is 11.4 Å². The Kier molecular flexibility index (Phi) is 4.85.